The minimum absolute atomic E-state index is 0.0710. The molecule has 0 saturated carbocycles. The Morgan fingerprint density at radius 3 is 2.57 bits per heavy atom. The number of benzene rings is 2. The molecule has 8 heteroatoms. The number of anilines is 1. The predicted molar refractivity (Wildman–Crippen MR) is 105 cm³/mol. The van der Waals surface area contributed by atoms with Gasteiger partial charge in [0.25, 0.3) is 0 Å². The highest BCUT2D eigenvalue weighted by Gasteiger charge is 2.45. The molecule has 0 radical (unpaired) electrons. The number of hydrogen-bond donors (Lipinski definition) is 1. The van der Waals surface area contributed by atoms with Crippen molar-refractivity contribution in [1.29, 1.82) is 5.26 Å². The van der Waals surface area contributed by atoms with Crippen LogP contribution in [0.4, 0.5) is 10.1 Å². The summed E-state index contributed by atoms with van der Waals surface area (Å²) in [5.41, 5.74) is 8.06. The molecular formula is C20H15ClFN3O2S. The number of hydrogen-bond acceptors (Lipinski definition) is 5. The smallest absolute Gasteiger partial charge is 0.177 e. The number of halogens is 2. The van der Waals surface area contributed by atoms with E-state index in [1.165, 1.54) is 24.3 Å². The fourth-order valence-corrected chi connectivity index (χ4v) is 5.81. The molecule has 0 fully saturated rings. The van der Waals surface area contributed by atoms with Crippen LogP contribution in [0.3, 0.4) is 0 Å². The topological polar surface area (TPSA) is 87.2 Å². The summed E-state index contributed by atoms with van der Waals surface area (Å²) in [4.78, 5) is 1.70. The van der Waals surface area contributed by atoms with E-state index >= 15 is 0 Å². The van der Waals surface area contributed by atoms with Gasteiger partial charge >= 0.3 is 0 Å². The third-order valence-corrected chi connectivity index (χ3v) is 7.07. The molecule has 0 saturated heterocycles. The summed E-state index contributed by atoms with van der Waals surface area (Å²) in [5.74, 6) is -1.18. The number of rotatable bonds is 2. The molecule has 2 heterocycles. The van der Waals surface area contributed by atoms with Gasteiger partial charge < -0.3 is 5.73 Å². The van der Waals surface area contributed by atoms with Crippen LogP contribution in [0.15, 0.2) is 70.5 Å². The van der Waals surface area contributed by atoms with E-state index in [-0.39, 0.29) is 28.5 Å². The lowest BCUT2D eigenvalue weighted by atomic mass is 9.87. The molecule has 0 aliphatic carbocycles. The lowest BCUT2D eigenvalue weighted by Crippen LogP contribution is -2.34. The Kier molecular flexibility index (Phi) is 4.41. The first-order valence-corrected chi connectivity index (χ1v) is 10.5. The molecule has 5 nitrogen and oxygen atoms in total. The van der Waals surface area contributed by atoms with E-state index in [1.807, 2.05) is 0 Å². The molecule has 0 amide bonds. The standard InChI is InChI=1S/C20H15ClFN3O2S/c21-13-3-1-2-12(10-13)18-16(11-23)20(24)25(15-6-4-14(22)5-7-15)17-8-9-28(26,27)19(17)18/h1-7,10,18H,8-9,24H2/t18-/m0/s1. The second-order valence-corrected chi connectivity index (χ2v) is 9.10. The van der Waals surface area contributed by atoms with E-state index in [0.29, 0.717) is 22.0 Å². The van der Waals surface area contributed by atoms with Crippen LogP contribution in [-0.4, -0.2) is 14.2 Å². The van der Waals surface area contributed by atoms with Gasteiger partial charge in [-0.25, -0.2) is 12.8 Å². The quantitative estimate of drug-likeness (QED) is 0.805. The van der Waals surface area contributed by atoms with Crippen molar-refractivity contribution in [3.8, 4) is 6.07 Å². The van der Waals surface area contributed by atoms with Crippen LogP contribution < -0.4 is 10.6 Å². The number of nitriles is 1. The van der Waals surface area contributed by atoms with Crippen LogP contribution in [0, 0.1) is 17.1 Å². The second-order valence-electron chi connectivity index (χ2n) is 6.59. The van der Waals surface area contributed by atoms with E-state index in [4.69, 9.17) is 17.3 Å². The zero-order valence-corrected chi connectivity index (χ0v) is 16.1. The van der Waals surface area contributed by atoms with E-state index < -0.39 is 21.6 Å². The molecule has 28 heavy (non-hydrogen) atoms. The highest BCUT2D eigenvalue weighted by Crippen LogP contribution is 2.48. The van der Waals surface area contributed by atoms with Gasteiger partial charge in [0.15, 0.2) is 9.84 Å². The van der Waals surface area contributed by atoms with Crippen molar-refractivity contribution in [2.24, 2.45) is 5.73 Å². The van der Waals surface area contributed by atoms with Crippen molar-refractivity contribution in [2.45, 2.75) is 12.3 Å². The Labute approximate surface area is 167 Å². The first kappa shape index (κ1) is 18.5. The van der Waals surface area contributed by atoms with Gasteiger partial charge in [0.2, 0.25) is 0 Å². The largest absolute Gasteiger partial charge is 0.384 e. The Morgan fingerprint density at radius 1 is 1.21 bits per heavy atom. The van der Waals surface area contributed by atoms with Gasteiger partial charge in [-0.05, 0) is 42.0 Å². The van der Waals surface area contributed by atoms with Crippen molar-refractivity contribution in [3.05, 3.63) is 86.9 Å². The third kappa shape index (κ3) is 2.86. The number of allylic oxidation sites excluding steroid dienone is 3. The van der Waals surface area contributed by atoms with Crippen molar-refractivity contribution < 1.29 is 12.8 Å². The Morgan fingerprint density at radius 2 is 1.93 bits per heavy atom. The maximum atomic E-state index is 13.4. The van der Waals surface area contributed by atoms with Crippen LogP contribution in [-0.2, 0) is 9.84 Å². The van der Waals surface area contributed by atoms with Crippen LogP contribution in [0.2, 0.25) is 5.02 Å². The summed E-state index contributed by atoms with van der Waals surface area (Å²) in [6.45, 7) is 0. The highest BCUT2D eigenvalue weighted by molar-refractivity contribution is 7.95. The highest BCUT2D eigenvalue weighted by atomic mass is 35.5. The van der Waals surface area contributed by atoms with E-state index in [2.05, 4.69) is 6.07 Å². The van der Waals surface area contributed by atoms with Crippen molar-refractivity contribution in [2.75, 3.05) is 10.7 Å². The summed E-state index contributed by atoms with van der Waals surface area (Å²) >= 11 is 6.10. The average Bonchev–Trinajstić information content (AvgIpc) is 2.97. The Bertz CT molecular complexity index is 1180. The number of sulfone groups is 1. The molecule has 0 aromatic heterocycles. The monoisotopic (exact) mass is 415 g/mol. The molecule has 2 aliphatic rings. The summed E-state index contributed by atoms with van der Waals surface area (Å²) in [5, 5.41) is 10.3. The van der Waals surface area contributed by atoms with Gasteiger partial charge in [0, 0.05) is 22.8 Å². The molecule has 0 unspecified atom stereocenters. The molecule has 2 N–H and O–H groups in total. The fourth-order valence-electron chi connectivity index (χ4n) is 3.77. The molecule has 2 aliphatic heterocycles. The van der Waals surface area contributed by atoms with Crippen LogP contribution in [0.5, 0.6) is 0 Å². The minimum Gasteiger partial charge on any atom is -0.384 e. The lowest BCUT2D eigenvalue weighted by molar-refractivity contribution is 0.602. The second kappa shape index (κ2) is 6.66. The molecular weight excluding hydrogens is 401 g/mol. The Balaban J connectivity index is 2.00. The Hall–Kier alpha value is -2.82. The van der Waals surface area contributed by atoms with E-state index in [1.54, 1.807) is 29.2 Å². The van der Waals surface area contributed by atoms with Gasteiger partial charge in [0.05, 0.1) is 28.2 Å². The maximum Gasteiger partial charge on any atom is 0.177 e. The molecule has 2 aromatic carbocycles. The van der Waals surface area contributed by atoms with Gasteiger partial charge in [-0.3, -0.25) is 4.90 Å². The predicted octanol–water partition coefficient (Wildman–Crippen LogP) is 3.81. The van der Waals surface area contributed by atoms with Gasteiger partial charge in [-0.2, -0.15) is 5.26 Å². The summed E-state index contributed by atoms with van der Waals surface area (Å²) < 4.78 is 39.2. The molecule has 4 rings (SSSR count). The van der Waals surface area contributed by atoms with Gasteiger partial charge in [-0.1, -0.05) is 23.7 Å². The zero-order chi connectivity index (χ0) is 20.1. The van der Waals surface area contributed by atoms with E-state index in [0.717, 1.165) is 0 Å². The maximum absolute atomic E-state index is 13.4. The third-order valence-electron chi connectivity index (χ3n) is 4.95. The SMILES string of the molecule is N#CC1=C(N)N(c2ccc(F)cc2)C2=C([C@H]1c1cccc(Cl)c1)S(=O)(=O)CC2. The number of nitrogens with two attached hydrogens (primary N) is 1. The van der Waals surface area contributed by atoms with Crippen molar-refractivity contribution >= 4 is 27.1 Å². The fraction of sp³-hybridized carbons (Fsp3) is 0.150. The van der Waals surface area contributed by atoms with Crippen LogP contribution >= 0.6 is 11.6 Å². The lowest BCUT2D eigenvalue weighted by Gasteiger charge is -2.35. The summed E-state index contributed by atoms with van der Waals surface area (Å²) in [6, 6.07) is 14.4. The van der Waals surface area contributed by atoms with Crippen LogP contribution in [0.25, 0.3) is 0 Å². The molecule has 0 spiro atoms. The normalized spacial score (nSPS) is 20.9. The molecule has 0 bridgehead atoms. The average molecular weight is 416 g/mol. The minimum atomic E-state index is -3.59. The molecule has 142 valence electrons. The molecule has 2 aromatic rings. The van der Waals surface area contributed by atoms with Gasteiger partial charge in [0.1, 0.15) is 11.6 Å². The molecule has 1 atom stereocenters. The van der Waals surface area contributed by atoms with Crippen molar-refractivity contribution in [3.63, 3.8) is 0 Å². The van der Waals surface area contributed by atoms with E-state index in [9.17, 15) is 18.1 Å². The van der Waals surface area contributed by atoms with Gasteiger partial charge in [-0.15, -0.1) is 0 Å². The summed E-state index contributed by atoms with van der Waals surface area (Å²) in [6.07, 6.45) is 0.255. The number of nitrogens with zero attached hydrogens (tertiary/aromatic N) is 2. The summed E-state index contributed by atoms with van der Waals surface area (Å²) in [7, 11) is -3.59. The zero-order valence-electron chi connectivity index (χ0n) is 14.6. The first-order valence-electron chi connectivity index (χ1n) is 8.50. The van der Waals surface area contributed by atoms with Crippen molar-refractivity contribution in [1.82, 2.24) is 0 Å². The van der Waals surface area contributed by atoms with Crippen LogP contribution in [0.1, 0.15) is 17.9 Å². The first-order chi connectivity index (χ1) is 13.3.